The smallest absolute Gasteiger partial charge is 0.276 e. The summed E-state index contributed by atoms with van der Waals surface area (Å²) >= 11 is 1.35. The largest absolute Gasteiger partial charge is 0.497 e. The van der Waals surface area contributed by atoms with Gasteiger partial charge in [-0.25, -0.2) is 4.90 Å². The van der Waals surface area contributed by atoms with E-state index in [-0.39, 0.29) is 11.8 Å². The lowest BCUT2D eigenvalue weighted by Gasteiger charge is -2.22. The number of fused-ring (bicyclic) bond motifs is 2. The first-order valence-corrected chi connectivity index (χ1v) is 10.5. The SMILES string of the molecule is CCCC(=O)N1C(=O)C2(NN=C(c3ccc(OC)cc3)S2)c2cc(CC)ccc21. The molecule has 2 heterocycles. The van der Waals surface area contributed by atoms with Crippen LogP contribution in [0.4, 0.5) is 5.69 Å². The number of methoxy groups -OCH3 is 1. The molecule has 1 spiro atoms. The molecule has 7 heteroatoms. The number of hydrogen-bond acceptors (Lipinski definition) is 6. The standard InChI is InChI=1S/C22H23N3O3S/c1-4-6-19(26)25-18-12-7-14(5-2)13-17(18)22(21(25)27)24-23-20(29-22)15-8-10-16(28-3)11-9-15/h7-13,24H,4-6H2,1-3H3. The van der Waals surface area contributed by atoms with Gasteiger partial charge in [0.1, 0.15) is 10.8 Å². The molecular weight excluding hydrogens is 386 g/mol. The van der Waals surface area contributed by atoms with Crippen molar-refractivity contribution in [3.63, 3.8) is 0 Å². The van der Waals surface area contributed by atoms with E-state index < -0.39 is 4.87 Å². The normalized spacial score (nSPS) is 19.9. The number of hydrogen-bond donors (Lipinski definition) is 1. The number of nitrogens with one attached hydrogen (secondary N) is 1. The van der Waals surface area contributed by atoms with Crippen LogP contribution in [0.2, 0.25) is 0 Å². The van der Waals surface area contributed by atoms with E-state index in [1.54, 1.807) is 7.11 Å². The fourth-order valence-electron chi connectivity index (χ4n) is 3.62. The van der Waals surface area contributed by atoms with Crippen molar-refractivity contribution in [2.45, 2.75) is 38.0 Å². The number of anilines is 1. The summed E-state index contributed by atoms with van der Waals surface area (Å²) in [5.74, 6) is 0.294. The van der Waals surface area contributed by atoms with Crippen LogP contribution in [0.5, 0.6) is 5.75 Å². The van der Waals surface area contributed by atoms with Gasteiger partial charge in [0.05, 0.1) is 12.8 Å². The molecule has 0 saturated carbocycles. The van der Waals surface area contributed by atoms with E-state index in [1.807, 2.05) is 49.4 Å². The third-order valence-corrected chi connectivity index (χ3v) is 6.52. The molecule has 0 saturated heterocycles. The third kappa shape index (κ3) is 3.09. The van der Waals surface area contributed by atoms with Crippen molar-refractivity contribution in [2.24, 2.45) is 5.10 Å². The van der Waals surface area contributed by atoms with Crippen LogP contribution in [0.3, 0.4) is 0 Å². The molecule has 150 valence electrons. The topological polar surface area (TPSA) is 71.0 Å². The maximum atomic E-state index is 13.5. The lowest BCUT2D eigenvalue weighted by molar-refractivity contribution is -0.127. The van der Waals surface area contributed by atoms with E-state index in [0.717, 1.165) is 28.9 Å². The number of ether oxygens (including phenoxy) is 1. The van der Waals surface area contributed by atoms with Gasteiger partial charge in [-0.3, -0.25) is 15.0 Å². The van der Waals surface area contributed by atoms with Crippen molar-refractivity contribution in [2.75, 3.05) is 12.0 Å². The average Bonchev–Trinajstić information content (AvgIpc) is 3.29. The highest BCUT2D eigenvalue weighted by Gasteiger charge is 2.57. The summed E-state index contributed by atoms with van der Waals surface area (Å²) in [5.41, 5.74) is 6.51. The number of rotatable bonds is 5. The molecular formula is C22H23N3O3S. The Morgan fingerprint density at radius 2 is 1.97 bits per heavy atom. The fourth-order valence-corrected chi connectivity index (χ4v) is 4.80. The lowest BCUT2D eigenvalue weighted by Crippen LogP contribution is -2.46. The van der Waals surface area contributed by atoms with Crippen LogP contribution in [0, 0.1) is 0 Å². The number of carbonyl (C=O) groups is 2. The molecule has 0 radical (unpaired) electrons. The molecule has 2 aliphatic rings. The number of aryl methyl sites for hydroxylation is 1. The zero-order valence-electron chi connectivity index (χ0n) is 16.7. The second-order valence-electron chi connectivity index (χ2n) is 7.03. The number of carbonyl (C=O) groups excluding carboxylic acids is 2. The van der Waals surface area contributed by atoms with Gasteiger partial charge >= 0.3 is 0 Å². The minimum Gasteiger partial charge on any atom is -0.497 e. The summed E-state index contributed by atoms with van der Waals surface area (Å²) in [4.78, 5) is 26.5. The van der Waals surface area contributed by atoms with Crippen LogP contribution in [-0.2, 0) is 20.9 Å². The van der Waals surface area contributed by atoms with Gasteiger partial charge in [-0.05, 0) is 54.8 Å². The predicted molar refractivity (Wildman–Crippen MR) is 115 cm³/mol. The van der Waals surface area contributed by atoms with Gasteiger partial charge in [0.2, 0.25) is 10.8 Å². The van der Waals surface area contributed by atoms with E-state index in [9.17, 15) is 9.59 Å². The summed E-state index contributed by atoms with van der Waals surface area (Å²) in [5, 5.41) is 5.18. The molecule has 0 aromatic heterocycles. The van der Waals surface area contributed by atoms with Gasteiger partial charge in [-0.2, -0.15) is 5.10 Å². The van der Waals surface area contributed by atoms with Gasteiger partial charge in [-0.1, -0.05) is 31.7 Å². The summed E-state index contributed by atoms with van der Waals surface area (Å²) in [7, 11) is 1.62. The Balaban J connectivity index is 1.74. The van der Waals surface area contributed by atoms with Crippen LogP contribution >= 0.6 is 11.8 Å². The van der Waals surface area contributed by atoms with Crippen LogP contribution < -0.4 is 15.1 Å². The molecule has 1 N–H and O–H groups in total. The molecule has 0 bridgehead atoms. The van der Waals surface area contributed by atoms with E-state index >= 15 is 0 Å². The first-order chi connectivity index (χ1) is 14.0. The summed E-state index contributed by atoms with van der Waals surface area (Å²) < 4.78 is 5.22. The number of imide groups is 1. The Labute approximate surface area is 174 Å². The minimum absolute atomic E-state index is 0.180. The zero-order valence-corrected chi connectivity index (χ0v) is 17.5. The highest BCUT2D eigenvalue weighted by atomic mass is 32.2. The first kappa shape index (κ1) is 19.5. The van der Waals surface area contributed by atoms with Crippen molar-refractivity contribution in [1.82, 2.24) is 5.43 Å². The van der Waals surface area contributed by atoms with E-state index in [1.165, 1.54) is 16.7 Å². The van der Waals surface area contributed by atoms with Crippen molar-refractivity contribution >= 4 is 34.3 Å². The minimum atomic E-state index is -1.11. The monoisotopic (exact) mass is 409 g/mol. The van der Waals surface area contributed by atoms with Crippen LogP contribution in [-0.4, -0.2) is 24.0 Å². The molecule has 6 nitrogen and oxygen atoms in total. The second-order valence-corrected chi connectivity index (χ2v) is 8.23. The molecule has 2 aliphatic heterocycles. The molecule has 0 fully saturated rings. The van der Waals surface area contributed by atoms with Crippen molar-refractivity contribution in [1.29, 1.82) is 0 Å². The van der Waals surface area contributed by atoms with Crippen LogP contribution in [0.1, 0.15) is 43.4 Å². The van der Waals surface area contributed by atoms with E-state index in [2.05, 4.69) is 17.5 Å². The highest BCUT2D eigenvalue weighted by Crippen LogP contribution is 2.51. The van der Waals surface area contributed by atoms with Crippen LogP contribution in [0.15, 0.2) is 47.6 Å². The second kappa shape index (κ2) is 7.55. The lowest BCUT2D eigenvalue weighted by atomic mass is 10.0. The summed E-state index contributed by atoms with van der Waals surface area (Å²) in [6.45, 7) is 4.00. The summed E-state index contributed by atoms with van der Waals surface area (Å²) in [6, 6.07) is 13.4. The molecule has 1 unspecified atom stereocenters. The maximum Gasteiger partial charge on any atom is 0.276 e. The van der Waals surface area contributed by atoms with Gasteiger partial charge < -0.3 is 4.74 Å². The van der Waals surface area contributed by atoms with Crippen molar-refractivity contribution < 1.29 is 14.3 Å². The molecule has 0 aliphatic carbocycles. The van der Waals surface area contributed by atoms with E-state index in [4.69, 9.17) is 4.74 Å². The third-order valence-electron chi connectivity index (χ3n) is 5.21. The Morgan fingerprint density at radius 1 is 1.21 bits per heavy atom. The van der Waals surface area contributed by atoms with Gasteiger partial charge in [0.15, 0.2) is 0 Å². The molecule has 2 amide bonds. The van der Waals surface area contributed by atoms with Crippen molar-refractivity contribution in [3.05, 3.63) is 59.2 Å². The fraction of sp³-hybridized carbons (Fsp3) is 0.318. The number of hydrazone groups is 1. The van der Waals surface area contributed by atoms with Crippen molar-refractivity contribution in [3.8, 4) is 5.75 Å². The van der Waals surface area contributed by atoms with E-state index in [0.29, 0.717) is 23.6 Å². The maximum absolute atomic E-state index is 13.5. The predicted octanol–water partition coefficient (Wildman–Crippen LogP) is 3.78. The van der Waals surface area contributed by atoms with Gasteiger partial charge in [0, 0.05) is 17.5 Å². The molecule has 29 heavy (non-hydrogen) atoms. The average molecular weight is 410 g/mol. The Kier molecular flexibility index (Phi) is 5.08. The quantitative estimate of drug-likeness (QED) is 0.814. The Bertz CT molecular complexity index is 1000. The Morgan fingerprint density at radius 3 is 2.62 bits per heavy atom. The van der Waals surface area contributed by atoms with Gasteiger partial charge in [0.25, 0.3) is 5.91 Å². The van der Waals surface area contributed by atoms with Crippen LogP contribution in [0.25, 0.3) is 0 Å². The molecule has 2 aromatic carbocycles. The zero-order chi connectivity index (χ0) is 20.6. The number of thioether (sulfide) groups is 1. The first-order valence-electron chi connectivity index (χ1n) is 9.73. The van der Waals surface area contributed by atoms with Gasteiger partial charge in [-0.15, -0.1) is 0 Å². The number of nitrogens with zero attached hydrogens (tertiary/aromatic N) is 2. The summed E-state index contributed by atoms with van der Waals surface area (Å²) in [6.07, 6.45) is 1.86. The highest BCUT2D eigenvalue weighted by molar-refractivity contribution is 8.16. The molecule has 4 rings (SSSR count). The molecule has 2 aromatic rings. The molecule has 1 atom stereocenters. The number of benzene rings is 2. The number of amides is 2. The Hall–Kier alpha value is -2.80.